The van der Waals surface area contributed by atoms with Crippen LogP contribution in [0.5, 0.6) is 5.75 Å². The monoisotopic (exact) mass is 285 g/mol. The Morgan fingerprint density at radius 2 is 2.33 bits per heavy atom. The van der Waals surface area contributed by atoms with E-state index in [1.54, 1.807) is 0 Å². The number of aromatic amines is 1. The number of H-pyrrole nitrogens is 1. The van der Waals surface area contributed by atoms with E-state index >= 15 is 0 Å². The topological polar surface area (TPSA) is 67.0 Å². The summed E-state index contributed by atoms with van der Waals surface area (Å²) >= 11 is 0. The van der Waals surface area contributed by atoms with Crippen LogP contribution in [-0.2, 0) is 17.6 Å². The molecule has 0 spiro atoms. The molecule has 1 aliphatic heterocycles. The van der Waals surface area contributed by atoms with Gasteiger partial charge >= 0.3 is 0 Å². The van der Waals surface area contributed by atoms with Crippen LogP contribution in [0, 0.1) is 6.92 Å². The summed E-state index contributed by atoms with van der Waals surface area (Å²) in [7, 11) is 0. The number of hydrogen-bond acceptors (Lipinski definition) is 3. The van der Waals surface area contributed by atoms with E-state index < -0.39 is 0 Å². The number of fused-ring (bicyclic) bond motifs is 1. The number of rotatable bonds is 4. The van der Waals surface area contributed by atoms with Crippen LogP contribution in [0.3, 0.4) is 0 Å². The maximum absolute atomic E-state index is 11.9. The molecular formula is C16H19N3O2. The number of nitrogens with zero attached hydrogens (tertiary/aromatic N) is 1. The molecule has 5 heteroatoms. The average molecular weight is 285 g/mol. The van der Waals surface area contributed by atoms with E-state index in [1.807, 2.05) is 25.1 Å². The van der Waals surface area contributed by atoms with E-state index in [-0.39, 0.29) is 5.91 Å². The number of nitrogens with one attached hydrogen (secondary N) is 2. The summed E-state index contributed by atoms with van der Waals surface area (Å²) < 4.78 is 5.59. The first-order valence-corrected chi connectivity index (χ1v) is 7.27. The molecule has 1 aliphatic rings. The normalized spacial score (nSPS) is 13.4. The zero-order valence-electron chi connectivity index (χ0n) is 12.1. The Morgan fingerprint density at radius 3 is 3.14 bits per heavy atom. The molecule has 0 bridgehead atoms. The quantitative estimate of drug-likeness (QED) is 0.907. The smallest absolute Gasteiger partial charge is 0.225 e. The molecule has 1 aromatic heterocycles. The van der Waals surface area contributed by atoms with Gasteiger partial charge in [-0.3, -0.25) is 9.89 Å². The molecule has 2 N–H and O–H groups in total. The second kappa shape index (κ2) is 5.99. The highest BCUT2D eigenvalue weighted by molar-refractivity contribution is 5.89. The Balaban J connectivity index is 1.56. The van der Waals surface area contributed by atoms with Gasteiger partial charge in [-0.2, -0.15) is 5.10 Å². The third-order valence-electron chi connectivity index (χ3n) is 3.59. The van der Waals surface area contributed by atoms with Gasteiger partial charge in [0.25, 0.3) is 0 Å². The number of benzene rings is 1. The summed E-state index contributed by atoms with van der Waals surface area (Å²) in [5.41, 5.74) is 3.36. The SMILES string of the molecule is Cc1cc(NC(=O)CCc2ccc3c(c2)CCCO3)n[nH]1. The maximum atomic E-state index is 11.9. The summed E-state index contributed by atoms with van der Waals surface area (Å²) in [6.45, 7) is 2.70. The van der Waals surface area contributed by atoms with Crippen LogP contribution in [0.15, 0.2) is 24.3 Å². The fourth-order valence-electron chi connectivity index (χ4n) is 2.51. The van der Waals surface area contributed by atoms with Crippen molar-refractivity contribution in [3.8, 4) is 5.75 Å². The van der Waals surface area contributed by atoms with Crippen LogP contribution < -0.4 is 10.1 Å². The number of aryl methyl sites for hydroxylation is 3. The number of anilines is 1. The Kier molecular flexibility index (Phi) is 3.90. The minimum atomic E-state index is -0.0181. The molecule has 2 heterocycles. The zero-order valence-corrected chi connectivity index (χ0v) is 12.1. The lowest BCUT2D eigenvalue weighted by Crippen LogP contribution is -2.13. The Hall–Kier alpha value is -2.30. The van der Waals surface area contributed by atoms with Crippen molar-refractivity contribution in [2.45, 2.75) is 32.6 Å². The van der Waals surface area contributed by atoms with Gasteiger partial charge in [0.05, 0.1) is 6.61 Å². The highest BCUT2D eigenvalue weighted by Crippen LogP contribution is 2.26. The van der Waals surface area contributed by atoms with Gasteiger partial charge in [-0.25, -0.2) is 0 Å². The largest absolute Gasteiger partial charge is 0.493 e. The molecule has 0 saturated heterocycles. The molecule has 5 nitrogen and oxygen atoms in total. The van der Waals surface area contributed by atoms with Crippen LogP contribution in [0.4, 0.5) is 5.82 Å². The van der Waals surface area contributed by atoms with Crippen molar-refractivity contribution in [3.63, 3.8) is 0 Å². The van der Waals surface area contributed by atoms with Gasteiger partial charge in [-0.05, 0) is 43.4 Å². The number of aromatic nitrogens is 2. The highest BCUT2D eigenvalue weighted by Gasteiger charge is 2.11. The van der Waals surface area contributed by atoms with Crippen molar-refractivity contribution < 1.29 is 9.53 Å². The Bertz CT molecular complexity index is 649. The molecule has 2 aromatic rings. The van der Waals surface area contributed by atoms with Crippen LogP contribution in [0.1, 0.15) is 29.7 Å². The zero-order chi connectivity index (χ0) is 14.7. The van der Waals surface area contributed by atoms with E-state index in [9.17, 15) is 4.79 Å². The fraction of sp³-hybridized carbons (Fsp3) is 0.375. The van der Waals surface area contributed by atoms with E-state index in [1.165, 1.54) is 11.1 Å². The Labute approximate surface area is 123 Å². The van der Waals surface area contributed by atoms with Crippen LogP contribution in [0.2, 0.25) is 0 Å². The minimum absolute atomic E-state index is 0.0181. The first-order valence-electron chi connectivity index (χ1n) is 7.27. The molecule has 0 radical (unpaired) electrons. The molecule has 0 atom stereocenters. The Morgan fingerprint density at radius 1 is 1.43 bits per heavy atom. The van der Waals surface area contributed by atoms with Crippen molar-refractivity contribution in [2.75, 3.05) is 11.9 Å². The van der Waals surface area contributed by atoms with Crippen molar-refractivity contribution in [1.29, 1.82) is 0 Å². The van der Waals surface area contributed by atoms with Crippen LogP contribution in [-0.4, -0.2) is 22.7 Å². The molecular weight excluding hydrogens is 266 g/mol. The number of ether oxygens (including phenoxy) is 1. The second-order valence-corrected chi connectivity index (χ2v) is 5.38. The lowest BCUT2D eigenvalue weighted by molar-refractivity contribution is -0.116. The first kappa shape index (κ1) is 13.7. The predicted molar refractivity (Wildman–Crippen MR) is 80.5 cm³/mol. The summed E-state index contributed by atoms with van der Waals surface area (Å²) in [5.74, 6) is 1.55. The van der Waals surface area contributed by atoms with Gasteiger partial charge in [0, 0.05) is 18.2 Å². The molecule has 0 unspecified atom stereocenters. The summed E-state index contributed by atoms with van der Waals surface area (Å²) in [5, 5.41) is 9.59. The number of amides is 1. The standard InChI is InChI=1S/C16H19N3O2/c1-11-9-15(19-18-11)17-16(20)7-5-12-4-6-14-13(10-12)3-2-8-21-14/h4,6,9-10H,2-3,5,7-8H2,1H3,(H2,17,18,19,20). The molecule has 1 aromatic carbocycles. The molecule has 0 aliphatic carbocycles. The second-order valence-electron chi connectivity index (χ2n) is 5.38. The summed E-state index contributed by atoms with van der Waals surface area (Å²) in [6.07, 6.45) is 3.30. The third-order valence-corrected chi connectivity index (χ3v) is 3.59. The number of hydrogen-bond donors (Lipinski definition) is 2. The van der Waals surface area contributed by atoms with Gasteiger partial charge in [-0.1, -0.05) is 12.1 Å². The molecule has 110 valence electrons. The van der Waals surface area contributed by atoms with Crippen molar-refractivity contribution in [2.24, 2.45) is 0 Å². The van der Waals surface area contributed by atoms with Gasteiger partial charge in [0.15, 0.2) is 5.82 Å². The fourth-order valence-corrected chi connectivity index (χ4v) is 2.51. The van der Waals surface area contributed by atoms with Crippen molar-refractivity contribution in [3.05, 3.63) is 41.1 Å². The van der Waals surface area contributed by atoms with Gasteiger partial charge in [-0.15, -0.1) is 0 Å². The molecule has 3 rings (SSSR count). The summed E-state index contributed by atoms with van der Waals surface area (Å²) in [4.78, 5) is 11.9. The van der Waals surface area contributed by atoms with Gasteiger partial charge in [0.1, 0.15) is 5.75 Å². The maximum Gasteiger partial charge on any atom is 0.225 e. The van der Waals surface area contributed by atoms with E-state index in [4.69, 9.17) is 4.74 Å². The van der Waals surface area contributed by atoms with Crippen LogP contribution >= 0.6 is 0 Å². The molecule has 0 saturated carbocycles. The van der Waals surface area contributed by atoms with Gasteiger partial charge in [0.2, 0.25) is 5.91 Å². The van der Waals surface area contributed by atoms with Gasteiger partial charge < -0.3 is 10.1 Å². The number of carbonyl (C=O) groups excluding carboxylic acids is 1. The van der Waals surface area contributed by atoms with Crippen molar-refractivity contribution in [1.82, 2.24) is 10.2 Å². The van der Waals surface area contributed by atoms with Crippen LogP contribution in [0.25, 0.3) is 0 Å². The van der Waals surface area contributed by atoms with E-state index in [2.05, 4.69) is 21.6 Å². The first-order chi connectivity index (χ1) is 10.2. The van der Waals surface area contributed by atoms with E-state index in [0.29, 0.717) is 12.2 Å². The van der Waals surface area contributed by atoms with Crippen molar-refractivity contribution >= 4 is 11.7 Å². The molecule has 1 amide bonds. The minimum Gasteiger partial charge on any atom is -0.493 e. The average Bonchev–Trinajstić information content (AvgIpc) is 2.90. The molecule has 0 fully saturated rings. The highest BCUT2D eigenvalue weighted by atomic mass is 16.5. The van der Waals surface area contributed by atoms with E-state index in [0.717, 1.165) is 37.3 Å². The molecule has 21 heavy (non-hydrogen) atoms. The lowest BCUT2D eigenvalue weighted by atomic mass is 10.0. The third kappa shape index (κ3) is 3.42. The lowest BCUT2D eigenvalue weighted by Gasteiger charge is -2.17. The predicted octanol–water partition coefficient (Wildman–Crippen LogP) is 2.61. The summed E-state index contributed by atoms with van der Waals surface area (Å²) in [6, 6.07) is 8.02. The number of carbonyl (C=O) groups is 1.